The minimum Gasteiger partial charge on any atom is -0.337 e. The van der Waals surface area contributed by atoms with E-state index in [-0.39, 0.29) is 6.04 Å². The van der Waals surface area contributed by atoms with Crippen LogP contribution in [0.3, 0.4) is 0 Å². The van der Waals surface area contributed by atoms with Crippen LogP contribution < -0.4 is 0 Å². The SMILES string of the molecule is CC(C)c1nccn1C(C)c1nc(-c2cn3ccccc3n2)no1. The summed E-state index contributed by atoms with van der Waals surface area (Å²) in [5.74, 6) is 2.35. The topological polar surface area (TPSA) is 74.0 Å². The minimum atomic E-state index is -0.0804. The van der Waals surface area contributed by atoms with E-state index in [0.29, 0.717) is 23.3 Å². The van der Waals surface area contributed by atoms with Gasteiger partial charge in [-0.1, -0.05) is 25.1 Å². The fraction of sp³-hybridized carbons (Fsp3) is 0.294. The van der Waals surface area contributed by atoms with Crippen LogP contribution in [-0.2, 0) is 0 Å². The number of rotatable bonds is 4. The third-order valence-corrected chi connectivity index (χ3v) is 4.02. The van der Waals surface area contributed by atoms with Gasteiger partial charge in [0.15, 0.2) is 0 Å². The first-order valence-electron chi connectivity index (χ1n) is 7.94. The Balaban J connectivity index is 1.68. The van der Waals surface area contributed by atoms with Crippen LogP contribution in [0.4, 0.5) is 0 Å². The average molecular weight is 322 g/mol. The van der Waals surface area contributed by atoms with Crippen molar-refractivity contribution in [3.05, 3.63) is 54.7 Å². The van der Waals surface area contributed by atoms with Crippen molar-refractivity contribution in [2.24, 2.45) is 0 Å². The Morgan fingerprint density at radius 1 is 1.08 bits per heavy atom. The molecule has 122 valence electrons. The average Bonchev–Trinajstić information content (AvgIpc) is 3.30. The van der Waals surface area contributed by atoms with Gasteiger partial charge < -0.3 is 13.5 Å². The van der Waals surface area contributed by atoms with E-state index in [9.17, 15) is 0 Å². The number of fused-ring (bicyclic) bond motifs is 1. The van der Waals surface area contributed by atoms with Crippen LogP contribution in [0.2, 0.25) is 0 Å². The molecule has 0 N–H and O–H groups in total. The predicted octanol–water partition coefficient (Wildman–Crippen LogP) is 3.31. The van der Waals surface area contributed by atoms with Crippen LogP contribution in [0.1, 0.15) is 44.4 Å². The number of hydrogen-bond acceptors (Lipinski definition) is 5. The van der Waals surface area contributed by atoms with E-state index in [2.05, 4.69) is 38.5 Å². The highest BCUT2D eigenvalue weighted by atomic mass is 16.5. The molecule has 0 aromatic carbocycles. The Bertz CT molecular complexity index is 947. The Kier molecular flexibility index (Phi) is 3.41. The van der Waals surface area contributed by atoms with Crippen molar-refractivity contribution in [3.8, 4) is 11.5 Å². The van der Waals surface area contributed by atoms with Crippen molar-refractivity contribution in [1.29, 1.82) is 0 Å². The first-order chi connectivity index (χ1) is 11.6. The first kappa shape index (κ1) is 14.6. The quantitative estimate of drug-likeness (QED) is 0.576. The van der Waals surface area contributed by atoms with Gasteiger partial charge in [-0.15, -0.1) is 0 Å². The van der Waals surface area contributed by atoms with Gasteiger partial charge in [0.1, 0.15) is 23.2 Å². The molecule has 4 heterocycles. The molecule has 0 spiro atoms. The highest BCUT2D eigenvalue weighted by Crippen LogP contribution is 2.24. The van der Waals surface area contributed by atoms with Crippen LogP contribution >= 0.6 is 0 Å². The second-order valence-corrected chi connectivity index (χ2v) is 6.07. The summed E-state index contributed by atoms with van der Waals surface area (Å²) in [6.45, 7) is 6.25. The summed E-state index contributed by atoms with van der Waals surface area (Å²) in [4.78, 5) is 13.5. The van der Waals surface area contributed by atoms with Gasteiger partial charge >= 0.3 is 0 Å². The Morgan fingerprint density at radius 2 is 1.96 bits per heavy atom. The Morgan fingerprint density at radius 3 is 2.75 bits per heavy atom. The summed E-state index contributed by atoms with van der Waals surface area (Å²) in [7, 11) is 0. The smallest absolute Gasteiger partial charge is 0.249 e. The van der Waals surface area contributed by atoms with Gasteiger partial charge in [-0.05, 0) is 19.1 Å². The standard InChI is InChI=1S/C17H18N6O/c1-11(2)16-18-7-9-23(16)12(3)17-20-15(21-24-17)13-10-22-8-5-4-6-14(22)19-13/h4-12H,1-3H3. The maximum atomic E-state index is 5.48. The van der Waals surface area contributed by atoms with E-state index in [0.717, 1.165) is 11.5 Å². The summed E-state index contributed by atoms with van der Waals surface area (Å²) in [5, 5.41) is 4.09. The molecule has 0 radical (unpaired) electrons. The number of imidazole rings is 2. The lowest BCUT2D eigenvalue weighted by molar-refractivity contribution is 0.341. The molecule has 0 aliphatic rings. The van der Waals surface area contributed by atoms with E-state index < -0.39 is 0 Å². The summed E-state index contributed by atoms with van der Waals surface area (Å²) in [5.41, 5.74) is 1.54. The minimum absolute atomic E-state index is 0.0804. The molecule has 4 aromatic heterocycles. The van der Waals surface area contributed by atoms with Crippen molar-refractivity contribution in [3.63, 3.8) is 0 Å². The largest absolute Gasteiger partial charge is 0.337 e. The van der Waals surface area contributed by atoms with Gasteiger partial charge in [0.25, 0.3) is 0 Å². The summed E-state index contributed by atoms with van der Waals surface area (Å²) in [6, 6.07) is 5.76. The zero-order valence-corrected chi connectivity index (χ0v) is 13.8. The van der Waals surface area contributed by atoms with E-state index in [4.69, 9.17) is 4.52 Å². The molecule has 4 rings (SSSR count). The van der Waals surface area contributed by atoms with E-state index in [1.165, 1.54) is 0 Å². The van der Waals surface area contributed by atoms with Gasteiger partial charge in [-0.3, -0.25) is 0 Å². The van der Waals surface area contributed by atoms with Gasteiger partial charge in [0.2, 0.25) is 11.7 Å². The second-order valence-electron chi connectivity index (χ2n) is 6.07. The van der Waals surface area contributed by atoms with Crippen LogP contribution in [0.25, 0.3) is 17.2 Å². The Labute approximate surface area is 139 Å². The molecule has 0 saturated carbocycles. The molecule has 1 atom stereocenters. The van der Waals surface area contributed by atoms with Crippen molar-refractivity contribution in [1.82, 2.24) is 29.1 Å². The molecule has 0 fully saturated rings. The van der Waals surface area contributed by atoms with Crippen LogP contribution in [0.15, 0.2) is 47.5 Å². The third-order valence-electron chi connectivity index (χ3n) is 4.02. The summed E-state index contributed by atoms with van der Waals surface area (Å²) < 4.78 is 9.47. The highest BCUT2D eigenvalue weighted by Gasteiger charge is 2.21. The highest BCUT2D eigenvalue weighted by molar-refractivity contribution is 5.54. The molecular formula is C17H18N6O. The van der Waals surface area contributed by atoms with Crippen molar-refractivity contribution < 1.29 is 4.52 Å². The lowest BCUT2D eigenvalue weighted by Gasteiger charge is -2.14. The summed E-state index contributed by atoms with van der Waals surface area (Å²) in [6.07, 6.45) is 7.57. The molecule has 24 heavy (non-hydrogen) atoms. The molecule has 7 nitrogen and oxygen atoms in total. The van der Waals surface area contributed by atoms with Crippen molar-refractivity contribution in [2.45, 2.75) is 32.7 Å². The van der Waals surface area contributed by atoms with Gasteiger partial charge in [0.05, 0.1) is 0 Å². The molecule has 0 amide bonds. The molecule has 0 aliphatic carbocycles. The molecular weight excluding hydrogens is 304 g/mol. The van der Waals surface area contributed by atoms with E-state index >= 15 is 0 Å². The van der Waals surface area contributed by atoms with Gasteiger partial charge in [-0.25, -0.2) is 9.97 Å². The maximum Gasteiger partial charge on any atom is 0.249 e. The van der Waals surface area contributed by atoms with Gasteiger partial charge in [-0.2, -0.15) is 4.98 Å². The Hall–Kier alpha value is -2.96. The normalized spacial score (nSPS) is 13.0. The molecule has 0 aliphatic heterocycles. The lowest BCUT2D eigenvalue weighted by Crippen LogP contribution is -2.11. The zero-order valence-electron chi connectivity index (χ0n) is 13.8. The fourth-order valence-corrected chi connectivity index (χ4v) is 2.77. The van der Waals surface area contributed by atoms with Crippen molar-refractivity contribution in [2.75, 3.05) is 0 Å². The van der Waals surface area contributed by atoms with E-state index in [1.807, 2.05) is 48.1 Å². The number of pyridine rings is 1. The van der Waals surface area contributed by atoms with Crippen LogP contribution in [0, 0.1) is 0 Å². The van der Waals surface area contributed by atoms with Crippen molar-refractivity contribution >= 4 is 5.65 Å². The fourth-order valence-electron chi connectivity index (χ4n) is 2.77. The zero-order chi connectivity index (χ0) is 16.7. The molecule has 7 heteroatoms. The first-order valence-corrected chi connectivity index (χ1v) is 7.94. The van der Waals surface area contributed by atoms with Crippen LogP contribution in [0.5, 0.6) is 0 Å². The van der Waals surface area contributed by atoms with Gasteiger partial charge in [0, 0.05) is 30.7 Å². The van der Waals surface area contributed by atoms with E-state index in [1.54, 1.807) is 6.20 Å². The lowest BCUT2D eigenvalue weighted by atomic mass is 10.2. The summed E-state index contributed by atoms with van der Waals surface area (Å²) >= 11 is 0. The monoisotopic (exact) mass is 322 g/mol. The molecule has 4 aromatic rings. The predicted molar refractivity (Wildman–Crippen MR) is 88.6 cm³/mol. The second kappa shape index (κ2) is 5.59. The number of aromatic nitrogens is 6. The number of hydrogen-bond donors (Lipinski definition) is 0. The molecule has 0 saturated heterocycles. The maximum absolute atomic E-state index is 5.48. The van der Waals surface area contributed by atoms with Crippen LogP contribution in [-0.4, -0.2) is 29.1 Å². The molecule has 1 unspecified atom stereocenters. The molecule has 0 bridgehead atoms. The number of nitrogens with zero attached hydrogens (tertiary/aromatic N) is 6. The third kappa shape index (κ3) is 2.38.